The molecule has 7 nitrogen and oxygen atoms in total. The van der Waals surface area contributed by atoms with Crippen molar-refractivity contribution < 1.29 is 14.3 Å². The lowest BCUT2D eigenvalue weighted by Gasteiger charge is -2.14. The van der Waals surface area contributed by atoms with Gasteiger partial charge in [-0.3, -0.25) is 9.80 Å². The summed E-state index contributed by atoms with van der Waals surface area (Å²) in [6.45, 7) is 4.18. The van der Waals surface area contributed by atoms with Crippen LogP contribution in [0.3, 0.4) is 0 Å². The number of hydrogen-bond acceptors (Lipinski definition) is 6. The first-order valence-electron chi connectivity index (χ1n) is 9.11. The number of carbonyl (C=O) groups is 1. The minimum Gasteiger partial charge on any atom is -0.472 e. The molecule has 1 unspecified atom stereocenters. The first kappa shape index (κ1) is 17.5. The molecular formula is C20H22N4O3. The minimum atomic E-state index is -0.177. The Morgan fingerprint density at radius 2 is 2.15 bits per heavy atom. The van der Waals surface area contributed by atoms with Gasteiger partial charge in [-0.05, 0) is 37.3 Å². The predicted octanol–water partition coefficient (Wildman–Crippen LogP) is 3.09. The van der Waals surface area contributed by atoms with E-state index in [0.717, 1.165) is 30.8 Å². The highest BCUT2D eigenvalue weighted by Gasteiger charge is 2.18. The largest absolute Gasteiger partial charge is 0.472 e. The maximum atomic E-state index is 12.5. The Labute approximate surface area is 158 Å². The molecule has 1 N–H and O–H groups in total. The summed E-state index contributed by atoms with van der Waals surface area (Å²) in [7, 11) is 0. The molecule has 0 bridgehead atoms. The van der Waals surface area contributed by atoms with E-state index in [0.29, 0.717) is 30.3 Å². The summed E-state index contributed by atoms with van der Waals surface area (Å²) >= 11 is 0. The number of hydrogen-bond donors (Lipinski definition) is 1. The van der Waals surface area contributed by atoms with Crippen LogP contribution in [0.5, 0.6) is 5.88 Å². The maximum absolute atomic E-state index is 12.5. The number of anilines is 2. The molecule has 1 atom stereocenters. The van der Waals surface area contributed by atoms with Crippen LogP contribution < -0.4 is 15.1 Å². The molecule has 27 heavy (non-hydrogen) atoms. The SMILES string of the molecule is CC1=NN(c2ccc(C(=O)Nc3ccnc(OC4CCOC4)c3)cc2)CC1. The summed E-state index contributed by atoms with van der Waals surface area (Å²) in [6, 6.07) is 10.9. The van der Waals surface area contributed by atoms with Crippen LogP contribution in [0.1, 0.15) is 30.1 Å². The van der Waals surface area contributed by atoms with Crippen molar-refractivity contribution in [1.82, 2.24) is 4.98 Å². The molecule has 0 saturated carbocycles. The van der Waals surface area contributed by atoms with Gasteiger partial charge in [0.05, 0.1) is 18.9 Å². The second kappa shape index (κ2) is 7.75. The summed E-state index contributed by atoms with van der Waals surface area (Å²) in [5.74, 6) is 0.310. The first-order chi connectivity index (χ1) is 13.2. The lowest BCUT2D eigenvalue weighted by molar-refractivity contribution is 0.102. The number of carbonyl (C=O) groups excluding carboxylic acids is 1. The van der Waals surface area contributed by atoms with Crippen molar-refractivity contribution >= 4 is 23.0 Å². The predicted molar refractivity (Wildman–Crippen MR) is 104 cm³/mol. The van der Waals surface area contributed by atoms with E-state index >= 15 is 0 Å². The Morgan fingerprint density at radius 1 is 1.30 bits per heavy atom. The molecule has 2 aliphatic rings. The summed E-state index contributed by atoms with van der Waals surface area (Å²) in [6.07, 6.45) is 3.47. The Hall–Kier alpha value is -2.93. The number of hydrazone groups is 1. The zero-order valence-corrected chi connectivity index (χ0v) is 15.2. The van der Waals surface area contributed by atoms with Crippen molar-refractivity contribution in [2.24, 2.45) is 5.10 Å². The van der Waals surface area contributed by atoms with Crippen LogP contribution in [0.2, 0.25) is 0 Å². The highest BCUT2D eigenvalue weighted by Crippen LogP contribution is 2.21. The molecular weight excluding hydrogens is 344 g/mol. The molecule has 2 aromatic rings. The number of nitrogens with zero attached hydrogens (tertiary/aromatic N) is 3. The zero-order valence-electron chi connectivity index (χ0n) is 15.2. The number of aromatic nitrogens is 1. The van der Waals surface area contributed by atoms with E-state index in [2.05, 4.69) is 15.4 Å². The third kappa shape index (κ3) is 4.25. The molecule has 1 fully saturated rings. The van der Waals surface area contributed by atoms with E-state index < -0.39 is 0 Å². The van der Waals surface area contributed by atoms with Gasteiger partial charge in [0.1, 0.15) is 6.10 Å². The third-order valence-corrected chi connectivity index (χ3v) is 4.57. The fourth-order valence-corrected chi connectivity index (χ4v) is 3.08. The molecule has 140 valence electrons. The minimum absolute atomic E-state index is 0.0212. The van der Waals surface area contributed by atoms with Gasteiger partial charge in [-0.25, -0.2) is 4.98 Å². The molecule has 1 amide bonds. The smallest absolute Gasteiger partial charge is 0.255 e. The quantitative estimate of drug-likeness (QED) is 0.880. The number of ether oxygens (including phenoxy) is 2. The average molecular weight is 366 g/mol. The molecule has 3 heterocycles. The van der Waals surface area contributed by atoms with Gasteiger partial charge in [0, 0.05) is 48.6 Å². The molecule has 1 aromatic heterocycles. The average Bonchev–Trinajstić information content (AvgIpc) is 3.34. The monoisotopic (exact) mass is 366 g/mol. The number of pyridine rings is 1. The standard InChI is InChI=1S/C20H22N4O3/c1-14-7-10-24(23-14)17-4-2-15(3-5-17)20(25)22-16-6-9-21-19(12-16)27-18-8-11-26-13-18/h2-6,9,12,18H,7-8,10-11,13H2,1H3,(H,21,22,25). The van der Waals surface area contributed by atoms with Gasteiger partial charge >= 0.3 is 0 Å². The molecule has 1 saturated heterocycles. The van der Waals surface area contributed by atoms with E-state index in [9.17, 15) is 4.79 Å². The molecule has 7 heteroatoms. The van der Waals surface area contributed by atoms with Crippen molar-refractivity contribution in [3.63, 3.8) is 0 Å². The van der Waals surface area contributed by atoms with Gasteiger partial charge in [0.15, 0.2) is 0 Å². The van der Waals surface area contributed by atoms with Crippen LogP contribution in [0.25, 0.3) is 0 Å². The fraction of sp³-hybridized carbons (Fsp3) is 0.350. The van der Waals surface area contributed by atoms with Crippen LogP contribution in [0, 0.1) is 0 Å². The van der Waals surface area contributed by atoms with Crippen LogP contribution >= 0.6 is 0 Å². The highest BCUT2D eigenvalue weighted by molar-refractivity contribution is 6.04. The van der Waals surface area contributed by atoms with Gasteiger partial charge in [0.2, 0.25) is 5.88 Å². The summed E-state index contributed by atoms with van der Waals surface area (Å²) < 4.78 is 11.1. The van der Waals surface area contributed by atoms with E-state index in [1.807, 2.05) is 36.2 Å². The maximum Gasteiger partial charge on any atom is 0.255 e. The van der Waals surface area contributed by atoms with E-state index in [-0.39, 0.29) is 12.0 Å². The second-order valence-electron chi connectivity index (χ2n) is 6.70. The van der Waals surface area contributed by atoms with E-state index in [1.165, 1.54) is 0 Å². The fourth-order valence-electron chi connectivity index (χ4n) is 3.08. The lowest BCUT2D eigenvalue weighted by Crippen LogP contribution is -2.17. The van der Waals surface area contributed by atoms with Crippen molar-refractivity contribution in [3.8, 4) is 5.88 Å². The Bertz CT molecular complexity index is 845. The van der Waals surface area contributed by atoms with Crippen molar-refractivity contribution in [2.45, 2.75) is 25.9 Å². The van der Waals surface area contributed by atoms with Crippen molar-refractivity contribution in [3.05, 3.63) is 48.2 Å². The molecule has 1 aromatic carbocycles. The summed E-state index contributed by atoms with van der Waals surface area (Å²) in [4.78, 5) is 16.7. The summed E-state index contributed by atoms with van der Waals surface area (Å²) in [5.41, 5.74) is 3.34. The lowest BCUT2D eigenvalue weighted by atomic mass is 10.2. The molecule has 0 aliphatic carbocycles. The molecule has 4 rings (SSSR count). The molecule has 2 aliphatic heterocycles. The van der Waals surface area contributed by atoms with Crippen LogP contribution in [0.4, 0.5) is 11.4 Å². The van der Waals surface area contributed by atoms with Gasteiger partial charge in [-0.15, -0.1) is 0 Å². The zero-order chi connectivity index (χ0) is 18.6. The second-order valence-corrected chi connectivity index (χ2v) is 6.70. The van der Waals surface area contributed by atoms with Gasteiger partial charge in [0.25, 0.3) is 5.91 Å². The third-order valence-electron chi connectivity index (χ3n) is 4.57. The van der Waals surface area contributed by atoms with Gasteiger partial charge in [-0.2, -0.15) is 5.10 Å². The van der Waals surface area contributed by atoms with Crippen molar-refractivity contribution in [1.29, 1.82) is 0 Å². The molecule has 0 radical (unpaired) electrons. The first-order valence-corrected chi connectivity index (χ1v) is 9.11. The topological polar surface area (TPSA) is 76.1 Å². The highest BCUT2D eigenvalue weighted by atomic mass is 16.5. The normalized spacial score (nSPS) is 19.1. The Balaban J connectivity index is 1.40. The van der Waals surface area contributed by atoms with Crippen molar-refractivity contribution in [2.75, 3.05) is 30.1 Å². The van der Waals surface area contributed by atoms with E-state index in [4.69, 9.17) is 9.47 Å². The number of rotatable bonds is 5. The van der Waals surface area contributed by atoms with Gasteiger partial charge in [-0.1, -0.05) is 0 Å². The van der Waals surface area contributed by atoms with E-state index in [1.54, 1.807) is 18.3 Å². The van der Waals surface area contributed by atoms with Crippen LogP contribution in [0.15, 0.2) is 47.7 Å². The summed E-state index contributed by atoms with van der Waals surface area (Å²) in [5, 5.41) is 9.32. The number of benzene rings is 1. The van der Waals surface area contributed by atoms with Crippen LogP contribution in [-0.4, -0.2) is 42.5 Å². The molecule has 0 spiro atoms. The number of amides is 1. The Morgan fingerprint density at radius 3 is 2.85 bits per heavy atom. The number of nitrogens with one attached hydrogen (secondary N) is 1. The van der Waals surface area contributed by atoms with Crippen LogP contribution in [-0.2, 0) is 4.74 Å². The van der Waals surface area contributed by atoms with Gasteiger partial charge < -0.3 is 14.8 Å². The Kier molecular flexibility index (Phi) is 5.02.